The first kappa shape index (κ1) is 22.7. The third-order valence-electron chi connectivity index (χ3n) is 5.76. The zero-order valence-corrected chi connectivity index (χ0v) is 19.2. The molecular weight excluding hydrogens is 457 g/mol. The molecule has 36 heavy (non-hydrogen) atoms. The minimum absolute atomic E-state index is 0.0135. The highest BCUT2D eigenvalue weighted by Gasteiger charge is 2.21. The molecule has 0 spiro atoms. The van der Waals surface area contributed by atoms with E-state index in [0.29, 0.717) is 33.5 Å². The number of nitriles is 1. The topological polar surface area (TPSA) is 123 Å². The molecular formula is C27H20FN7O. The van der Waals surface area contributed by atoms with Crippen LogP contribution >= 0.6 is 0 Å². The summed E-state index contributed by atoms with van der Waals surface area (Å²) < 4.78 is 15.1. The van der Waals surface area contributed by atoms with Crippen molar-refractivity contribution in [2.45, 2.75) is 13.0 Å². The number of para-hydroxylation sites is 1. The van der Waals surface area contributed by atoms with Gasteiger partial charge in [0, 0.05) is 0 Å². The van der Waals surface area contributed by atoms with Crippen LogP contribution in [0.3, 0.4) is 0 Å². The molecule has 3 N–H and O–H groups in total. The van der Waals surface area contributed by atoms with Gasteiger partial charge in [-0.15, -0.1) is 0 Å². The summed E-state index contributed by atoms with van der Waals surface area (Å²) in [6.45, 7) is 1.82. The lowest BCUT2D eigenvalue weighted by molar-refractivity contribution is 0.628. The first-order valence-electron chi connectivity index (χ1n) is 11.1. The molecule has 2 aromatic heterocycles. The number of benzene rings is 3. The highest BCUT2D eigenvalue weighted by Crippen LogP contribution is 2.28. The number of nitrogens with two attached hydrogens (primary N) is 1. The normalized spacial score (nSPS) is 11.7. The molecule has 0 fully saturated rings. The predicted molar refractivity (Wildman–Crippen MR) is 136 cm³/mol. The van der Waals surface area contributed by atoms with Crippen LogP contribution in [0.25, 0.3) is 27.7 Å². The smallest absolute Gasteiger partial charge is 0.266 e. The van der Waals surface area contributed by atoms with Gasteiger partial charge in [-0.25, -0.2) is 14.4 Å². The van der Waals surface area contributed by atoms with Crippen molar-refractivity contribution >= 4 is 22.7 Å². The highest BCUT2D eigenvalue weighted by molar-refractivity contribution is 5.94. The molecule has 0 saturated heterocycles. The fourth-order valence-corrected chi connectivity index (χ4v) is 4.09. The lowest BCUT2D eigenvalue weighted by Crippen LogP contribution is -2.28. The molecule has 5 rings (SSSR count). The van der Waals surface area contributed by atoms with E-state index in [1.165, 1.54) is 22.9 Å². The lowest BCUT2D eigenvalue weighted by Gasteiger charge is -2.21. The van der Waals surface area contributed by atoms with E-state index in [2.05, 4.69) is 15.3 Å². The van der Waals surface area contributed by atoms with E-state index < -0.39 is 6.04 Å². The molecule has 1 atom stereocenters. The Hall–Kier alpha value is -5.10. The number of nitrogens with one attached hydrogen (secondary N) is 1. The van der Waals surface area contributed by atoms with Crippen molar-refractivity contribution in [2.24, 2.45) is 0 Å². The first-order valence-corrected chi connectivity index (χ1v) is 11.1. The van der Waals surface area contributed by atoms with Crippen LogP contribution < -0.4 is 16.6 Å². The van der Waals surface area contributed by atoms with E-state index in [1.807, 2.05) is 49.4 Å². The average molecular weight is 478 g/mol. The Bertz CT molecular complexity index is 1680. The van der Waals surface area contributed by atoms with Gasteiger partial charge in [-0.1, -0.05) is 42.5 Å². The maximum Gasteiger partial charge on any atom is 0.266 e. The molecule has 8 nitrogen and oxygen atoms in total. The number of aromatic nitrogens is 4. The highest BCUT2D eigenvalue weighted by atomic mass is 19.1. The first-order chi connectivity index (χ1) is 17.5. The molecule has 2 heterocycles. The third kappa shape index (κ3) is 4.12. The maximum atomic E-state index is 14.1. The summed E-state index contributed by atoms with van der Waals surface area (Å²) in [6, 6.07) is 22.0. The van der Waals surface area contributed by atoms with E-state index in [4.69, 9.17) is 10.7 Å². The third-order valence-corrected chi connectivity index (χ3v) is 5.76. The van der Waals surface area contributed by atoms with Crippen molar-refractivity contribution < 1.29 is 4.39 Å². The van der Waals surface area contributed by atoms with Gasteiger partial charge in [0.25, 0.3) is 5.56 Å². The number of nitrogens with zero attached hydrogens (tertiary/aromatic N) is 5. The molecule has 1 unspecified atom stereocenters. The van der Waals surface area contributed by atoms with Gasteiger partial charge in [-0.05, 0) is 48.4 Å². The molecule has 0 radical (unpaired) electrons. The van der Waals surface area contributed by atoms with Gasteiger partial charge in [0.05, 0.1) is 28.8 Å². The van der Waals surface area contributed by atoms with Crippen molar-refractivity contribution in [3.63, 3.8) is 0 Å². The number of fused-ring (bicyclic) bond motifs is 1. The predicted octanol–water partition coefficient (Wildman–Crippen LogP) is 4.61. The Morgan fingerprint density at radius 2 is 1.78 bits per heavy atom. The standard InChI is InChI=1S/C27H20FN7O/c1-16(32-24-18(14-29)15-31-27(30)34-24)25-33-22-9-5-8-21(17-10-12-19(28)13-11-17)23(22)26(36)35(25)20-6-3-2-4-7-20/h2-13,15-16H,1H3,(H3,30,31,32,34). The molecule has 0 saturated carbocycles. The van der Waals surface area contributed by atoms with Gasteiger partial charge in [0.1, 0.15) is 29.1 Å². The van der Waals surface area contributed by atoms with Gasteiger partial charge < -0.3 is 11.1 Å². The fourth-order valence-electron chi connectivity index (χ4n) is 4.09. The van der Waals surface area contributed by atoms with E-state index in [0.717, 1.165) is 0 Å². The van der Waals surface area contributed by atoms with Crippen molar-refractivity contribution in [2.75, 3.05) is 11.1 Å². The molecule has 0 bridgehead atoms. The summed E-state index contributed by atoms with van der Waals surface area (Å²) in [7, 11) is 0. The van der Waals surface area contributed by atoms with Crippen LogP contribution in [0.15, 0.2) is 83.8 Å². The summed E-state index contributed by atoms with van der Waals surface area (Å²) in [5.41, 5.74) is 8.13. The van der Waals surface area contributed by atoms with E-state index in [-0.39, 0.29) is 28.7 Å². The second kappa shape index (κ2) is 9.27. The Labute approximate surface area is 205 Å². The maximum absolute atomic E-state index is 14.1. The van der Waals surface area contributed by atoms with Gasteiger partial charge in [-0.3, -0.25) is 9.36 Å². The summed E-state index contributed by atoms with van der Waals surface area (Å²) in [5, 5.41) is 13.0. The Morgan fingerprint density at radius 3 is 2.50 bits per heavy atom. The van der Waals surface area contributed by atoms with Crippen LogP contribution in [0.1, 0.15) is 24.4 Å². The average Bonchev–Trinajstić information content (AvgIpc) is 2.89. The van der Waals surface area contributed by atoms with Gasteiger partial charge >= 0.3 is 0 Å². The molecule has 176 valence electrons. The van der Waals surface area contributed by atoms with E-state index in [9.17, 15) is 14.4 Å². The fraction of sp³-hybridized carbons (Fsp3) is 0.0741. The Kier molecular flexibility index (Phi) is 5.84. The van der Waals surface area contributed by atoms with Crippen molar-refractivity contribution in [1.29, 1.82) is 5.26 Å². The molecule has 3 aromatic carbocycles. The van der Waals surface area contributed by atoms with Crippen LogP contribution in [0.5, 0.6) is 0 Å². The summed E-state index contributed by atoms with van der Waals surface area (Å²) in [6.07, 6.45) is 1.34. The number of rotatable bonds is 5. The second-order valence-electron chi connectivity index (χ2n) is 8.12. The zero-order valence-electron chi connectivity index (χ0n) is 19.2. The van der Waals surface area contributed by atoms with E-state index in [1.54, 1.807) is 24.3 Å². The van der Waals surface area contributed by atoms with Crippen molar-refractivity contribution in [3.8, 4) is 22.9 Å². The van der Waals surface area contributed by atoms with Crippen LogP contribution in [-0.2, 0) is 0 Å². The molecule has 0 aliphatic carbocycles. The van der Waals surface area contributed by atoms with Gasteiger partial charge in [0.15, 0.2) is 0 Å². The van der Waals surface area contributed by atoms with Gasteiger partial charge in [-0.2, -0.15) is 10.2 Å². The van der Waals surface area contributed by atoms with Gasteiger partial charge in [0.2, 0.25) is 5.95 Å². The Balaban J connectivity index is 1.74. The molecule has 0 amide bonds. The molecule has 0 aliphatic heterocycles. The van der Waals surface area contributed by atoms with E-state index >= 15 is 0 Å². The van der Waals surface area contributed by atoms with Crippen LogP contribution in [0, 0.1) is 17.1 Å². The molecule has 9 heteroatoms. The zero-order chi connectivity index (χ0) is 25.2. The number of halogens is 1. The number of anilines is 2. The SMILES string of the molecule is CC(Nc1nc(N)ncc1C#N)c1nc2cccc(-c3ccc(F)cc3)c2c(=O)n1-c1ccccc1. The van der Waals surface area contributed by atoms with Crippen molar-refractivity contribution in [3.05, 3.63) is 107 Å². The minimum Gasteiger partial charge on any atom is -0.368 e. The monoisotopic (exact) mass is 477 g/mol. The Morgan fingerprint density at radius 1 is 1.03 bits per heavy atom. The largest absolute Gasteiger partial charge is 0.368 e. The quantitative estimate of drug-likeness (QED) is 0.379. The number of hydrogen-bond acceptors (Lipinski definition) is 7. The minimum atomic E-state index is -0.543. The summed E-state index contributed by atoms with van der Waals surface area (Å²) >= 11 is 0. The number of hydrogen-bond donors (Lipinski definition) is 2. The molecule has 0 aliphatic rings. The summed E-state index contributed by atoms with van der Waals surface area (Å²) in [4.78, 5) is 26.9. The van der Waals surface area contributed by atoms with Crippen LogP contribution in [0.2, 0.25) is 0 Å². The van der Waals surface area contributed by atoms with Crippen molar-refractivity contribution in [1.82, 2.24) is 19.5 Å². The lowest BCUT2D eigenvalue weighted by atomic mass is 10.0. The van der Waals surface area contributed by atoms with Crippen LogP contribution in [0.4, 0.5) is 16.2 Å². The summed E-state index contributed by atoms with van der Waals surface area (Å²) in [5.74, 6) is 0.310. The van der Waals surface area contributed by atoms with Crippen LogP contribution in [-0.4, -0.2) is 19.5 Å². The molecule has 5 aromatic rings. The number of nitrogen functional groups attached to an aromatic ring is 1. The second-order valence-corrected chi connectivity index (χ2v) is 8.12.